The standard InChI is InChI=1S/C27H45F3O2/c1-5-26(32)15-14-24(3)18(16-26)7-8-19-21-10-9-20(25(21,4)13-12-22(19)24)17(2)6-11-23(31)27(28,29)30/h17-23,31-32H,5-16H2,1-4H3/t17-,18+,19+,20-,21+,22+,23+,24+,25-,26+/m1/s1. The fourth-order valence-corrected chi connectivity index (χ4v) is 9.40. The number of fused-ring (bicyclic) bond motifs is 5. The van der Waals surface area contributed by atoms with Crippen LogP contribution in [0.25, 0.3) is 0 Å². The van der Waals surface area contributed by atoms with Crippen molar-refractivity contribution >= 4 is 0 Å². The number of hydrogen-bond acceptors (Lipinski definition) is 2. The van der Waals surface area contributed by atoms with Gasteiger partial charge in [0.05, 0.1) is 5.60 Å². The molecule has 0 aromatic rings. The van der Waals surface area contributed by atoms with E-state index in [0.717, 1.165) is 43.9 Å². The van der Waals surface area contributed by atoms with Gasteiger partial charge in [-0.15, -0.1) is 0 Å². The van der Waals surface area contributed by atoms with E-state index >= 15 is 0 Å². The van der Waals surface area contributed by atoms with Crippen LogP contribution in [0.15, 0.2) is 0 Å². The first-order chi connectivity index (χ1) is 14.8. The van der Waals surface area contributed by atoms with Crippen LogP contribution in [0, 0.1) is 46.3 Å². The topological polar surface area (TPSA) is 40.5 Å². The summed E-state index contributed by atoms with van der Waals surface area (Å²) >= 11 is 0. The van der Waals surface area contributed by atoms with Gasteiger partial charge in [0.15, 0.2) is 0 Å². The van der Waals surface area contributed by atoms with E-state index in [0.29, 0.717) is 29.6 Å². The molecule has 0 saturated heterocycles. The minimum atomic E-state index is -4.50. The number of aliphatic hydroxyl groups is 2. The number of rotatable bonds is 5. The molecule has 5 heteroatoms. The lowest BCUT2D eigenvalue weighted by molar-refractivity contribution is -0.206. The average molecular weight is 459 g/mol. The number of halogens is 3. The first-order valence-corrected chi connectivity index (χ1v) is 13.3. The maximum Gasteiger partial charge on any atom is 0.414 e. The summed E-state index contributed by atoms with van der Waals surface area (Å²) in [6, 6.07) is 0. The van der Waals surface area contributed by atoms with Gasteiger partial charge in [0.25, 0.3) is 0 Å². The maximum atomic E-state index is 12.8. The van der Waals surface area contributed by atoms with Gasteiger partial charge in [-0.25, -0.2) is 0 Å². The number of hydrogen-bond donors (Lipinski definition) is 2. The van der Waals surface area contributed by atoms with Crippen LogP contribution in [-0.4, -0.2) is 28.1 Å². The normalized spacial score (nSPS) is 48.5. The van der Waals surface area contributed by atoms with E-state index in [4.69, 9.17) is 0 Å². The largest absolute Gasteiger partial charge is 0.414 e. The Kier molecular flexibility index (Phi) is 6.54. The summed E-state index contributed by atoms with van der Waals surface area (Å²) in [5, 5.41) is 20.4. The summed E-state index contributed by atoms with van der Waals surface area (Å²) in [6.07, 6.45) is 4.76. The van der Waals surface area contributed by atoms with Crippen LogP contribution in [0.5, 0.6) is 0 Å². The highest BCUT2D eigenvalue weighted by Crippen LogP contribution is 2.69. The van der Waals surface area contributed by atoms with E-state index in [1.54, 1.807) is 0 Å². The molecule has 4 rings (SSSR count). The van der Waals surface area contributed by atoms with E-state index in [1.165, 1.54) is 32.1 Å². The van der Waals surface area contributed by atoms with Crippen LogP contribution in [0.3, 0.4) is 0 Å². The zero-order valence-corrected chi connectivity index (χ0v) is 20.6. The lowest BCUT2D eigenvalue weighted by Gasteiger charge is -2.62. The van der Waals surface area contributed by atoms with Gasteiger partial charge in [-0.05, 0) is 123 Å². The highest BCUT2D eigenvalue weighted by molar-refractivity contribution is 5.10. The molecule has 0 aliphatic heterocycles. The summed E-state index contributed by atoms with van der Waals surface area (Å²) in [5.74, 6) is 3.48. The maximum absolute atomic E-state index is 12.8. The monoisotopic (exact) mass is 458 g/mol. The van der Waals surface area contributed by atoms with Gasteiger partial charge in [0.1, 0.15) is 6.10 Å². The summed E-state index contributed by atoms with van der Waals surface area (Å²) in [4.78, 5) is 0. The number of alkyl halides is 3. The van der Waals surface area contributed by atoms with Gasteiger partial charge in [-0.2, -0.15) is 13.2 Å². The molecule has 2 N–H and O–H groups in total. The summed E-state index contributed by atoms with van der Waals surface area (Å²) < 4.78 is 38.3. The van der Waals surface area contributed by atoms with Crippen molar-refractivity contribution in [3.8, 4) is 0 Å². The second kappa shape index (κ2) is 8.43. The fourth-order valence-electron chi connectivity index (χ4n) is 9.40. The zero-order valence-electron chi connectivity index (χ0n) is 20.6. The minimum absolute atomic E-state index is 0.173. The van der Waals surface area contributed by atoms with Crippen molar-refractivity contribution < 1.29 is 23.4 Å². The molecule has 0 unspecified atom stereocenters. The Labute approximate surface area is 192 Å². The molecule has 10 atom stereocenters. The Morgan fingerprint density at radius 3 is 2.25 bits per heavy atom. The molecule has 4 fully saturated rings. The Morgan fingerprint density at radius 1 is 0.906 bits per heavy atom. The molecule has 186 valence electrons. The van der Waals surface area contributed by atoms with Crippen molar-refractivity contribution in [3.05, 3.63) is 0 Å². The van der Waals surface area contributed by atoms with Crippen molar-refractivity contribution in [2.75, 3.05) is 0 Å². The molecular formula is C27H45F3O2. The molecule has 0 radical (unpaired) electrons. The molecule has 4 saturated carbocycles. The second-order valence-electron chi connectivity index (χ2n) is 12.8. The van der Waals surface area contributed by atoms with Crippen LogP contribution < -0.4 is 0 Å². The highest BCUT2D eigenvalue weighted by Gasteiger charge is 2.61. The van der Waals surface area contributed by atoms with Crippen LogP contribution in [-0.2, 0) is 0 Å². The Morgan fingerprint density at radius 2 is 1.59 bits per heavy atom. The Bertz CT molecular complexity index is 680. The summed E-state index contributed by atoms with van der Waals surface area (Å²) in [6.45, 7) is 9.19. The van der Waals surface area contributed by atoms with Gasteiger partial charge in [0, 0.05) is 0 Å². The van der Waals surface area contributed by atoms with Crippen LogP contribution in [0.4, 0.5) is 13.2 Å². The summed E-state index contributed by atoms with van der Waals surface area (Å²) in [5.41, 5.74) is 0.104. The lowest BCUT2D eigenvalue weighted by atomic mass is 9.43. The van der Waals surface area contributed by atoms with Crippen molar-refractivity contribution in [1.82, 2.24) is 0 Å². The summed E-state index contributed by atoms with van der Waals surface area (Å²) in [7, 11) is 0. The Balaban J connectivity index is 1.45. The van der Waals surface area contributed by atoms with E-state index in [2.05, 4.69) is 27.7 Å². The highest BCUT2D eigenvalue weighted by atomic mass is 19.4. The third kappa shape index (κ3) is 4.06. The third-order valence-electron chi connectivity index (χ3n) is 11.5. The van der Waals surface area contributed by atoms with Crippen molar-refractivity contribution in [2.24, 2.45) is 46.3 Å². The minimum Gasteiger partial charge on any atom is -0.390 e. The second-order valence-corrected chi connectivity index (χ2v) is 12.8. The van der Waals surface area contributed by atoms with E-state index < -0.39 is 17.9 Å². The third-order valence-corrected chi connectivity index (χ3v) is 11.5. The lowest BCUT2D eigenvalue weighted by Crippen LogP contribution is -2.56. The smallest absolute Gasteiger partial charge is 0.390 e. The van der Waals surface area contributed by atoms with Crippen molar-refractivity contribution in [2.45, 2.75) is 123 Å². The van der Waals surface area contributed by atoms with E-state index in [9.17, 15) is 23.4 Å². The van der Waals surface area contributed by atoms with Crippen LogP contribution in [0.1, 0.15) is 105 Å². The predicted octanol–water partition coefficient (Wildman–Crippen LogP) is 7.13. The van der Waals surface area contributed by atoms with Gasteiger partial charge in [-0.3, -0.25) is 0 Å². The van der Waals surface area contributed by atoms with Crippen molar-refractivity contribution in [3.63, 3.8) is 0 Å². The van der Waals surface area contributed by atoms with E-state index in [-0.39, 0.29) is 17.8 Å². The first kappa shape index (κ1) is 24.8. The first-order valence-electron chi connectivity index (χ1n) is 13.3. The Hall–Kier alpha value is -0.290. The van der Waals surface area contributed by atoms with E-state index in [1.807, 2.05) is 0 Å². The molecule has 0 aromatic heterocycles. The quantitative estimate of drug-likeness (QED) is 0.460. The molecule has 0 amide bonds. The fraction of sp³-hybridized carbons (Fsp3) is 1.00. The molecule has 0 aromatic carbocycles. The molecule has 2 nitrogen and oxygen atoms in total. The molecule has 4 aliphatic carbocycles. The molecule has 0 spiro atoms. The molecular weight excluding hydrogens is 413 g/mol. The number of aliphatic hydroxyl groups excluding tert-OH is 1. The molecule has 0 bridgehead atoms. The van der Waals surface area contributed by atoms with Gasteiger partial charge < -0.3 is 10.2 Å². The van der Waals surface area contributed by atoms with Crippen LogP contribution >= 0.6 is 0 Å². The average Bonchev–Trinajstić information content (AvgIpc) is 3.09. The zero-order chi connectivity index (χ0) is 23.5. The van der Waals surface area contributed by atoms with Gasteiger partial charge >= 0.3 is 6.18 Å². The molecule has 0 heterocycles. The van der Waals surface area contributed by atoms with Gasteiger partial charge in [0.2, 0.25) is 0 Å². The molecule has 32 heavy (non-hydrogen) atoms. The van der Waals surface area contributed by atoms with Gasteiger partial charge in [-0.1, -0.05) is 27.7 Å². The van der Waals surface area contributed by atoms with Crippen molar-refractivity contribution in [1.29, 1.82) is 0 Å². The molecule has 4 aliphatic rings. The van der Waals surface area contributed by atoms with Crippen LogP contribution in [0.2, 0.25) is 0 Å². The predicted molar refractivity (Wildman–Crippen MR) is 121 cm³/mol. The SMILES string of the molecule is CC[C@]1(O)CC[C@@]2(C)[C@@H](CC[C@@H]3[C@@H]2CC[C@]2(C)[C@@H]([C@H](C)CC[C@H](O)C(F)(F)F)CC[C@@H]32)C1.